The standard InChI is InChI=1S/C20H26BF2NO2S/c1-18(2)19(3,4)26-21(25-18)17-12-15-11-14(5-6-16(15)27-17)13-24-9-7-20(22,23)8-10-24/h5-6,11-12H,7-10,13H2,1-4H3. The lowest BCUT2D eigenvalue weighted by atomic mass is 9.87. The van der Waals surface area contributed by atoms with Crippen LogP contribution in [0.1, 0.15) is 46.1 Å². The molecule has 0 bridgehead atoms. The van der Waals surface area contributed by atoms with Gasteiger partial charge in [-0.1, -0.05) is 6.07 Å². The highest BCUT2D eigenvalue weighted by atomic mass is 32.1. The van der Waals surface area contributed by atoms with E-state index >= 15 is 0 Å². The van der Waals surface area contributed by atoms with Crippen molar-refractivity contribution in [2.24, 2.45) is 0 Å². The average molecular weight is 393 g/mol. The molecule has 0 atom stereocenters. The summed E-state index contributed by atoms with van der Waals surface area (Å²) in [5, 5.41) is 1.16. The highest BCUT2D eigenvalue weighted by molar-refractivity contribution is 7.28. The fourth-order valence-corrected chi connectivity index (χ4v) is 4.59. The molecule has 2 aliphatic rings. The highest BCUT2D eigenvalue weighted by Gasteiger charge is 2.52. The minimum atomic E-state index is -2.49. The molecule has 7 heteroatoms. The maximum absolute atomic E-state index is 13.3. The van der Waals surface area contributed by atoms with Crippen LogP contribution in [0.2, 0.25) is 0 Å². The van der Waals surface area contributed by atoms with E-state index in [0.717, 1.165) is 15.7 Å². The lowest BCUT2D eigenvalue weighted by molar-refractivity contribution is -0.0566. The molecule has 4 rings (SSSR count). The first-order valence-electron chi connectivity index (χ1n) is 9.53. The first-order valence-corrected chi connectivity index (χ1v) is 10.3. The number of likely N-dealkylation sites (tertiary alicyclic amines) is 1. The molecule has 2 aliphatic heterocycles. The van der Waals surface area contributed by atoms with Crippen molar-refractivity contribution >= 4 is 33.3 Å². The quantitative estimate of drug-likeness (QED) is 0.721. The van der Waals surface area contributed by atoms with Crippen LogP contribution in [0.4, 0.5) is 8.78 Å². The lowest BCUT2D eigenvalue weighted by Crippen LogP contribution is -2.41. The second-order valence-electron chi connectivity index (χ2n) is 8.74. The molecule has 146 valence electrons. The van der Waals surface area contributed by atoms with Gasteiger partial charge >= 0.3 is 7.12 Å². The Morgan fingerprint density at radius 3 is 2.30 bits per heavy atom. The normalized spacial score (nSPS) is 24.6. The Morgan fingerprint density at radius 2 is 1.67 bits per heavy atom. The van der Waals surface area contributed by atoms with Gasteiger partial charge in [0.1, 0.15) is 0 Å². The van der Waals surface area contributed by atoms with E-state index in [0.29, 0.717) is 19.6 Å². The number of hydrogen-bond donors (Lipinski definition) is 0. The summed E-state index contributed by atoms with van der Waals surface area (Å²) in [6.07, 6.45) is -0.0838. The molecule has 0 unspecified atom stereocenters. The summed E-state index contributed by atoms with van der Waals surface area (Å²) in [5.41, 5.74) is 0.455. The molecule has 2 saturated heterocycles. The molecule has 0 amide bonds. The third-order valence-electron chi connectivity index (χ3n) is 6.08. The zero-order valence-corrected chi connectivity index (χ0v) is 17.2. The molecule has 3 nitrogen and oxygen atoms in total. The minimum absolute atomic E-state index is 0.0419. The van der Waals surface area contributed by atoms with Crippen LogP contribution in [0.5, 0.6) is 0 Å². The highest BCUT2D eigenvalue weighted by Crippen LogP contribution is 2.37. The molecule has 0 radical (unpaired) electrons. The molecule has 1 aromatic heterocycles. The van der Waals surface area contributed by atoms with Crippen molar-refractivity contribution in [2.45, 2.75) is 64.2 Å². The molecule has 0 aliphatic carbocycles. The lowest BCUT2D eigenvalue weighted by Gasteiger charge is -2.32. The van der Waals surface area contributed by atoms with Crippen LogP contribution in [-0.4, -0.2) is 42.2 Å². The van der Waals surface area contributed by atoms with Gasteiger partial charge in [-0.15, -0.1) is 11.3 Å². The first kappa shape index (κ1) is 19.3. The topological polar surface area (TPSA) is 21.7 Å². The average Bonchev–Trinajstić information content (AvgIpc) is 3.07. The van der Waals surface area contributed by atoms with Gasteiger partial charge < -0.3 is 9.31 Å². The molecule has 1 aromatic carbocycles. The van der Waals surface area contributed by atoms with Gasteiger partial charge in [-0.25, -0.2) is 8.78 Å². The van der Waals surface area contributed by atoms with Gasteiger partial charge in [0.15, 0.2) is 0 Å². The summed E-state index contributed by atoms with van der Waals surface area (Å²) in [7, 11) is -0.347. The summed E-state index contributed by atoms with van der Waals surface area (Å²) < 4.78 is 41.2. The predicted molar refractivity (Wildman–Crippen MR) is 107 cm³/mol. The fraction of sp³-hybridized carbons (Fsp3) is 0.600. The molecule has 0 spiro atoms. The number of nitrogens with zero attached hydrogens (tertiary/aromatic N) is 1. The fourth-order valence-electron chi connectivity index (χ4n) is 3.58. The van der Waals surface area contributed by atoms with Gasteiger partial charge in [-0.2, -0.15) is 0 Å². The molecular formula is C20H26BF2NO2S. The number of alkyl halides is 2. The van der Waals surface area contributed by atoms with Crippen molar-refractivity contribution in [3.8, 4) is 0 Å². The number of benzene rings is 1. The summed E-state index contributed by atoms with van der Waals surface area (Å²) >= 11 is 1.69. The van der Waals surface area contributed by atoms with E-state index in [2.05, 4.69) is 56.9 Å². The Labute approximate surface area is 163 Å². The number of hydrogen-bond acceptors (Lipinski definition) is 4. The number of halogens is 2. The van der Waals surface area contributed by atoms with Gasteiger partial charge in [0, 0.05) is 42.0 Å². The number of thiophene rings is 1. The molecule has 2 aromatic rings. The van der Waals surface area contributed by atoms with E-state index in [1.165, 1.54) is 4.70 Å². The summed E-state index contributed by atoms with van der Waals surface area (Å²) in [5.74, 6) is -2.49. The second kappa shape index (κ2) is 6.51. The van der Waals surface area contributed by atoms with Crippen LogP contribution in [0.15, 0.2) is 24.3 Å². The molecule has 0 N–H and O–H groups in total. The third-order valence-corrected chi connectivity index (χ3v) is 7.22. The van der Waals surface area contributed by atoms with Gasteiger partial charge in [0.05, 0.1) is 11.2 Å². The third kappa shape index (κ3) is 3.79. The Hall–Kier alpha value is -1.02. The van der Waals surface area contributed by atoms with Gasteiger partial charge in [0.25, 0.3) is 5.92 Å². The van der Waals surface area contributed by atoms with E-state index in [4.69, 9.17) is 9.31 Å². The second-order valence-corrected chi connectivity index (χ2v) is 9.86. The van der Waals surface area contributed by atoms with E-state index in [9.17, 15) is 8.78 Å². The molecule has 27 heavy (non-hydrogen) atoms. The smallest absolute Gasteiger partial charge is 0.399 e. The maximum Gasteiger partial charge on any atom is 0.505 e. The van der Waals surface area contributed by atoms with Crippen molar-refractivity contribution in [2.75, 3.05) is 13.1 Å². The summed E-state index contributed by atoms with van der Waals surface area (Å²) in [4.78, 5) is 2.11. The molecule has 3 heterocycles. The van der Waals surface area contributed by atoms with Crippen LogP contribution in [0.25, 0.3) is 10.1 Å². The van der Waals surface area contributed by atoms with Crippen LogP contribution in [0.3, 0.4) is 0 Å². The van der Waals surface area contributed by atoms with Crippen LogP contribution >= 0.6 is 11.3 Å². The van der Waals surface area contributed by atoms with Crippen LogP contribution < -0.4 is 4.78 Å². The van der Waals surface area contributed by atoms with E-state index in [1.807, 2.05) is 0 Å². The Morgan fingerprint density at radius 1 is 1.04 bits per heavy atom. The van der Waals surface area contributed by atoms with Crippen LogP contribution in [0, 0.1) is 0 Å². The zero-order valence-electron chi connectivity index (χ0n) is 16.4. The number of piperidine rings is 1. The van der Waals surface area contributed by atoms with E-state index in [1.54, 1.807) is 11.3 Å². The van der Waals surface area contributed by atoms with Gasteiger partial charge in [-0.3, -0.25) is 4.90 Å². The Kier molecular flexibility index (Phi) is 4.66. The van der Waals surface area contributed by atoms with Crippen molar-refractivity contribution in [3.05, 3.63) is 29.8 Å². The monoisotopic (exact) mass is 393 g/mol. The Balaban J connectivity index is 1.50. The first-order chi connectivity index (χ1) is 12.5. The van der Waals surface area contributed by atoms with Gasteiger partial charge in [0.2, 0.25) is 0 Å². The minimum Gasteiger partial charge on any atom is -0.399 e. The van der Waals surface area contributed by atoms with Crippen molar-refractivity contribution in [1.29, 1.82) is 0 Å². The summed E-state index contributed by atoms with van der Waals surface area (Å²) in [6, 6.07) is 8.51. The summed E-state index contributed by atoms with van der Waals surface area (Å²) in [6.45, 7) is 9.84. The molecule has 2 fully saturated rings. The van der Waals surface area contributed by atoms with Crippen LogP contribution in [-0.2, 0) is 15.9 Å². The largest absolute Gasteiger partial charge is 0.505 e. The molecule has 0 saturated carbocycles. The van der Waals surface area contributed by atoms with E-state index < -0.39 is 5.92 Å². The van der Waals surface area contributed by atoms with Crippen molar-refractivity contribution in [3.63, 3.8) is 0 Å². The van der Waals surface area contributed by atoms with E-state index in [-0.39, 0.29) is 31.2 Å². The Bertz CT molecular complexity index is 826. The van der Waals surface area contributed by atoms with Gasteiger partial charge in [-0.05, 0) is 56.8 Å². The van der Waals surface area contributed by atoms with Crippen molar-refractivity contribution < 1.29 is 18.1 Å². The predicted octanol–water partition coefficient (Wildman–Crippen LogP) is 4.43. The number of fused-ring (bicyclic) bond motifs is 1. The maximum atomic E-state index is 13.3. The number of rotatable bonds is 3. The molecular weight excluding hydrogens is 367 g/mol. The SMILES string of the molecule is CC1(C)OB(c2cc3cc(CN4CCC(F)(F)CC4)ccc3s2)OC1(C)C. The van der Waals surface area contributed by atoms with Crippen molar-refractivity contribution in [1.82, 2.24) is 4.90 Å². The zero-order chi connectivity index (χ0) is 19.4.